The molecule has 1 heterocycles. The molecule has 0 amide bonds. The molecule has 0 radical (unpaired) electrons. The molecule has 12 heavy (non-hydrogen) atoms. The highest BCUT2D eigenvalue weighted by Crippen LogP contribution is 2.50. The molecular weight excluding hydrogens is 150 g/mol. The van der Waals surface area contributed by atoms with E-state index in [1.807, 2.05) is 0 Å². The Bertz CT molecular complexity index is 152. The molecule has 1 spiro atoms. The fourth-order valence-corrected chi connectivity index (χ4v) is 2.67. The lowest BCUT2D eigenvalue weighted by atomic mass is 9.60. The Morgan fingerprint density at radius 1 is 1.50 bits per heavy atom. The van der Waals surface area contributed by atoms with Crippen LogP contribution in [0.4, 0.5) is 0 Å². The second-order valence-corrected chi connectivity index (χ2v) is 4.31. The molecule has 0 aromatic rings. The molecule has 0 aromatic carbocycles. The summed E-state index contributed by atoms with van der Waals surface area (Å²) in [6, 6.07) is 0. The van der Waals surface area contributed by atoms with E-state index in [9.17, 15) is 0 Å². The van der Waals surface area contributed by atoms with Crippen molar-refractivity contribution in [3.63, 3.8) is 0 Å². The summed E-state index contributed by atoms with van der Waals surface area (Å²) in [7, 11) is 2.06. The van der Waals surface area contributed by atoms with E-state index < -0.39 is 0 Å². The molecule has 2 fully saturated rings. The van der Waals surface area contributed by atoms with Gasteiger partial charge in [-0.2, -0.15) is 0 Å². The molecule has 1 saturated heterocycles. The van der Waals surface area contributed by atoms with Crippen LogP contribution in [0.2, 0.25) is 0 Å². The van der Waals surface area contributed by atoms with Crippen LogP contribution < -0.4 is 5.32 Å². The van der Waals surface area contributed by atoms with E-state index in [1.54, 1.807) is 0 Å². The second-order valence-electron chi connectivity index (χ2n) is 4.31. The highest BCUT2D eigenvalue weighted by Gasteiger charge is 2.45. The number of rotatable bonds is 2. The quantitative estimate of drug-likeness (QED) is 0.675. The average molecular weight is 169 g/mol. The molecule has 1 unspecified atom stereocenters. The van der Waals surface area contributed by atoms with Gasteiger partial charge in [0.1, 0.15) is 0 Å². The molecule has 1 aliphatic heterocycles. The van der Waals surface area contributed by atoms with Gasteiger partial charge in [-0.05, 0) is 44.2 Å². The van der Waals surface area contributed by atoms with E-state index in [1.165, 1.54) is 32.2 Å². The van der Waals surface area contributed by atoms with Crippen molar-refractivity contribution in [2.45, 2.75) is 25.7 Å². The predicted octanol–water partition coefficient (Wildman–Crippen LogP) is 1.41. The highest BCUT2D eigenvalue weighted by molar-refractivity contribution is 4.95. The van der Waals surface area contributed by atoms with Crippen LogP contribution in [0.5, 0.6) is 0 Å². The molecule has 1 atom stereocenters. The van der Waals surface area contributed by atoms with Crippen LogP contribution in [0.1, 0.15) is 25.7 Å². The van der Waals surface area contributed by atoms with Gasteiger partial charge in [-0.1, -0.05) is 6.42 Å². The lowest BCUT2D eigenvalue weighted by Crippen LogP contribution is -2.48. The third kappa shape index (κ3) is 1.27. The Morgan fingerprint density at radius 2 is 2.33 bits per heavy atom. The Hall–Kier alpha value is -0.0800. The lowest BCUT2D eigenvalue weighted by Gasteiger charge is -2.50. The van der Waals surface area contributed by atoms with Crippen LogP contribution in [-0.2, 0) is 4.74 Å². The van der Waals surface area contributed by atoms with Gasteiger partial charge in [0.25, 0.3) is 0 Å². The van der Waals surface area contributed by atoms with Gasteiger partial charge in [0.2, 0.25) is 0 Å². The standard InChI is InChI=1S/C10H19NO/c1-11-7-9-3-6-12-8-10(9)4-2-5-10/h9,11H,2-8H2,1H3. The van der Waals surface area contributed by atoms with Crippen molar-refractivity contribution >= 4 is 0 Å². The molecule has 0 bridgehead atoms. The largest absolute Gasteiger partial charge is 0.381 e. The molecule has 1 aliphatic carbocycles. The fraction of sp³-hybridized carbons (Fsp3) is 1.00. The van der Waals surface area contributed by atoms with Crippen molar-refractivity contribution in [2.75, 3.05) is 26.8 Å². The van der Waals surface area contributed by atoms with E-state index in [0.717, 1.165) is 19.1 Å². The molecule has 2 aliphatic rings. The maximum atomic E-state index is 5.58. The summed E-state index contributed by atoms with van der Waals surface area (Å²) in [5.74, 6) is 0.880. The topological polar surface area (TPSA) is 21.3 Å². The van der Waals surface area contributed by atoms with Gasteiger partial charge in [-0.3, -0.25) is 0 Å². The van der Waals surface area contributed by atoms with Crippen molar-refractivity contribution < 1.29 is 4.74 Å². The summed E-state index contributed by atoms with van der Waals surface area (Å²) in [4.78, 5) is 0. The molecule has 0 aromatic heterocycles. The van der Waals surface area contributed by atoms with Gasteiger partial charge < -0.3 is 10.1 Å². The van der Waals surface area contributed by atoms with E-state index >= 15 is 0 Å². The van der Waals surface area contributed by atoms with E-state index in [-0.39, 0.29) is 0 Å². The molecule has 1 saturated carbocycles. The summed E-state index contributed by atoms with van der Waals surface area (Å²) in [5, 5.41) is 3.31. The minimum absolute atomic E-state index is 0.585. The lowest BCUT2D eigenvalue weighted by molar-refractivity contribution is -0.0956. The van der Waals surface area contributed by atoms with Crippen molar-refractivity contribution in [1.29, 1.82) is 0 Å². The van der Waals surface area contributed by atoms with Crippen molar-refractivity contribution in [3.05, 3.63) is 0 Å². The Kier molecular flexibility index (Phi) is 2.37. The number of hydrogen-bond donors (Lipinski definition) is 1. The third-order valence-electron chi connectivity index (χ3n) is 3.67. The molecule has 2 heteroatoms. The Morgan fingerprint density at radius 3 is 2.92 bits per heavy atom. The summed E-state index contributed by atoms with van der Waals surface area (Å²) in [6.07, 6.45) is 5.49. The van der Waals surface area contributed by atoms with Crippen LogP contribution in [0.25, 0.3) is 0 Å². The predicted molar refractivity (Wildman–Crippen MR) is 49.1 cm³/mol. The monoisotopic (exact) mass is 169 g/mol. The minimum atomic E-state index is 0.585. The summed E-state index contributed by atoms with van der Waals surface area (Å²) < 4.78 is 5.58. The van der Waals surface area contributed by atoms with Gasteiger partial charge >= 0.3 is 0 Å². The van der Waals surface area contributed by atoms with Crippen molar-refractivity contribution in [1.82, 2.24) is 5.32 Å². The smallest absolute Gasteiger partial charge is 0.0525 e. The fourth-order valence-electron chi connectivity index (χ4n) is 2.67. The maximum Gasteiger partial charge on any atom is 0.0525 e. The van der Waals surface area contributed by atoms with Crippen LogP contribution in [0.15, 0.2) is 0 Å². The maximum absolute atomic E-state index is 5.58. The summed E-state index contributed by atoms with van der Waals surface area (Å²) >= 11 is 0. The van der Waals surface area contributed by atoms with Gasteiger partial charge in [0.05, 0.1) is 6.61 Å². The van der Waals surface area contributed by atoms with Gasteiger partial charge in [0.15, 0.2) is 0 Å². The first-order valence-electron chi connectivity index (χ1n) is 5.10. The van der Waals surface area contributed by atoms with Crippen LogP contribution in [0, 0.1) is 11.3 Å². The van der Waals surface area contributed by atoms with E-state index in [0.29, 0.717) is 5.41 Å². The van der Waals surface area contributed by atoms with Gasteiger partial charge in [0, 0.05) is 6.61 Å². The Balaban J connectivity index is 1.97. The molecule has 2 rings (SSSR count). The van der Waals surface area contributed by atoms with Gasteiger partial charge in [-0.25, -0.2) is 0 Å². The molecule has 70 valence electrons. The number of nitrogens with one attached hydrogen (secondary N) is 1. The van der Waals surface area contributed by atoms with Crippen LogP contribution in [-0.4, -0.2) is 26.8 Å². The second kappa shape index (κ2) is 3.35. The SMILES string of the molecule is CNCC1CCOCC12CCC2. The minimum Gasteiger partial charge on any atom is -0.381 e. The summed E-state index contributed by atoms with van der Waals surface area (Å²) in [5.41, 5.74) is 0.585. The van der Waals surface area contributed by atoms with E-state index in [4.69, 9.17) is 4.74 Å². The van der Waals surface area contributed by atoms with Crippen LogP contribution >= 0.6 is 0 Å². The molecular formula is C10H19NO. The first kappa shape index (κ1) is 8.52. The number of hydrogen-bond acceptors (Lipinski definition) is 2. The zero-order valence-corrected chi connectivity index (χ0v) is 7.94. The number of ether oxygens (including phenoxy) is 1. The first-order chi connectivity index (χ1) is 5.87. The average Bonchev–Trinajstić information content (AvgIpc) is 2.03. The molecule has 1 N–H and O–H groups in total. The van der Waals surface area contributed by atoms with Crippen molar-refractivity contribution in [3.8, 4) is 0 Å². The normalized spacial score (nSPS) is 33.2. The zero-order chi connectivity index (χ0) is 8.44. The summed E-state index contributed by atoms with van der Waals surface area (Å²) in [6.45, 7) is 3.19. The first-order valence-corrected chi connectivity index (χ1v) is 5.10. The third-order valence-corrected chi connectivity index (χ3v) is 3.67. The Labute approximate surface area is 74.7 Å². The van der Waals surface area contributed by atoms with Crippen molar-refractivity contribution in [2.24, 2.45) is 11.3 Å². The zero-order valence-electron chi connectivity index (χ0n) is 7.94. The molecule has 2 nitrogen and oxygen atoms in total. The van der Waals surface area contributed by atoms with Gasteiger partial charge in [-0.15, -0.1) is 0 Å². The van der Waals surface area contributed by atoms with E-state index in [2.05, 4.69) is 12.4 Å². The highest BCUT2D eigenvalue weighted by atomic mass is 16.5. The van der Waals surface area contributed by atoms with Crippen LogP contribution in [0.3, 0.4) is 0 Å².